The molecule has 0 radical (unpaired) electrons. The van der Waals surface area contributed by atoms with Crippen molar-refractivity contribution in [2.24, 2.45) is 5.92 Å². The minimum atomic E-state index is -3.34. The van der Waals surface area contributed by atoms with Gasteiger partial charge in [0.25, 0.3) is 5.91 Å². The lowest BCUT2D eigenvalue weighted by atomic mass is 9.97. The van der Waals surface area contributed by atoms with Crippen LogP contribution in [0.2, 0.25) is 5.02 Å². The van der Waals surface area contributed by atoms with Gasteiger partial charge in [0.15, 0.2) is 15.5 Å². The number of para-hydroxylation sites is 1. The van der Waals surface area contributed by atoms with Gasteiger partial charge in [-0.3, -0.25) is 9.59 Å². The number of amides is 1. The third-order valence-corrected chi connectivity index (χ3v) is 9.32. The summed E-state index contributed by atoms with van der Waals surface area (Å²) in [6.45, 7) is 0.874. The largest absolute Gasteiger partial charge is 0.469 e. The van der Waals surface area contributed by atoms with Gasteiger partial charge in [-0.15, -0.1) is 11.3 Å². The summed E-state index contributed by atoms with van der Waals surface area (Å²) >= 11 is 7.99. The summed E-state index contributed by atoms with van der Waals surface area (Å²) in [5.41, 5.74) is 2.37. The van der Waals surface area contributed by atoms with Gasteiger partial charge in [0.05, 0.1) is 39.2 Å². The lowest BCUT2D eigenvalue weighted by Crippen LogP contribution is -2.40. The monoisotopic (exact) mass is 583 g/mol. The van der Waals surface area contributed by atoms with E-state index in [0.29, 0.717) is 42.3 Å². The summed E-state index contributed by atoms with van der Waals surface area (Å²) in [7, 11) is -1.97. The molecule has 1 amide bonds. The van der Waals surface area contributed by atoms with Crippen molar-refractivity contribution in [2.45, 2.75) is 17.7 Å². The molecule has 1 saturated heterocycles. The third kappa shape index (κ3) is 5.63. The van der Waals surface area contributed by atoms with E-state index in [1.807, 2.05) is 36.4 Å². The zero-order valence-electron chi connectivity index (χ0n) is 21.3. The number of aromatic nitrogens is 2. The molecular formula is C28H26ClN3O5S2. The molecule has 0 atom stereocenters. The molecule has 0 saturated carbocycles. The van der Waals surface area contributed by atoms with Crippen LogP contribution in [0.15, 0.2) is 71.6 Å². The van der Waals surface area contributed by atoms with Crippen molar-refractivity contribution in [2.75, 3.05) is 26.5 Å². The second-order valence-corrected chi connectivity index (χ2v) is 12.8. The minimum Gasteiger partial charge on any atom is -0.469 e. The zero-order chi connectivity index (χ0) is 27.7. The molecule has 1 fully saturated rings. The predicted octanol–water partition coefficient (Wildman–Crippen LogP) is 5.35. The molecule has 0 N–H and O–H groups in total. The highest BCUT2D eigenvalue weighted by atomic mass is 35.5. The molecule has 0 aliphatic carbocycles. The molecule has 1 aliphatic heterocycles. The number of benzene rings is 2. The van der Waals surface area contributed by atoms with Crippen LogP contribution in [-0.4, -0.2) is 61.4 Å². The van der Waals surface area contributed by atoms with Crippen molar-refractivity contribution in [3.63, 3.8) is 0 Å². The average molecular weight is 584 g/mol. The van der Waals surface area contributed by atoms with Crippen LogP contribution >= 0.6 is 22.9 Å². The first-order valence-electron chi connectivity index (χ1n) is 12.3. The molecular weight excluding hydrogens is 558 g/mol. The lowest BCUT2D eigenvalue weighted by molar-refractivity contribution is -0.146. The fraction of sp³-hybridized carbons (Fsp3) is 0.250. The summed E-state index contributed by atoms with van der Waals surface area (Å²) in [4.78, 5) is 29.0. The van der Waals surface area contributed by atoms with Gasteiger partial charge < -0.3 is 9.64 Å². The number of hydrogen-bond donors (Lipinski definition) is 0. The fourth-order valence-electron chi connectivity index (χ4n) is 4.63. The Morgan fingerprint density at radius 3 is 2.41 bits per heavy atom. The van der Waals surface area contributed by atoms with E-state index >= 15 is 0 Å². The summed E-state index contributed by atoms with van der Waals surface area (Å²) < 4.78 is 30.6. The van der Waals surface area contributed by atoms with Crippen molar-refractivity contribution in [1.29, 1.82) is 0 Å². The van der Waals surface area contributed by atoms with Crippen molar-refractivity contribution >= 4 is 44.7 Å². The number of carbonyl (C=O) groups excluding carboxylic acids is 2. The molecule has 2 aromatic heterocycles. The summed E-state index contributed by atoms with van der Waals surface area (Å²) in [5, 5.41) is 5.15. The Balaban J connectivity index is 1.50. The number of carbonyl (C=O) groups is 2. The van der Waals surface area contributed by atoms with Gasteiger partial charge in [0.2, 0.25) is 0 Å². The molecule has 0 unspecified atom stereocenters. The van der Waals surface area contributed by atoms with E-state index in [-0.39, 0.29) is 28.4 Å². The van der Waals surface area contributed by atoms with Crippen LogP contribution in [0.1, 0.15) is 23.3 Å². The first-order valence-corrected chi connectivity index (χ1v) is 15.4. The molecule has 3 heterocycles. The maximum atomic E-state index is 13.5. The number of thiophene rings is 1. The zero-order valence-corrected chi connectivity index (χ0v) is 23.7. The van der Waals surface area contributed by atoms with Crippen LogP contribution in [-0.2, 0) is 19.4 Å². The Labute approximate surface area is 235 Å². The van der Waals surface area contributed by atoms with Gasteiger partial charge in [-0.1, -0.05) is 35.9 Å². The highest BCUT2D eigenvalue weighted by molar-refractivity contribution is 7.90. The molecule has 0 bridgehead atoms. The molecule has 5 rings (SSSR count). The molecule has 8 nitrogen and oxygen atoms in total. The predicted molar refractivity (Wildman–Crippen MR) is 151 cm³/mol. The van der Waals surface area contributed by atoms with Crippen molar-refractivity contribution in [1.82, 2.24) is 14.7 Å². The van der Waals surface area contributed by atoms with Crippen molar-refractivity contribution < 1.29 is 22.7 Å². The highest BCUT2D eigenvalue weighted by Gasteiger charge is 2.30. The molecule has 39 heavy (non-hydrogen) atoms. The number of hydrogen-bond acceptors (Lipinski definition) is 7. The SMILES string of the molecule is COC(=O)C1CCN(C(=O)c2cc(-c3ccc(-c4cccc(S(C)(=O)=O)c4)s3)n(-c3ccccc3Cl)n2)CC1. The maximum Gasteiger partial charge on any atom is 0.308 e. The number of halogens is 1. The summed E-state index contributed by atoms with van der Waals surface area (Å²) in [5.74, 6) is -0.674. The fourth-order valence-corrected chi connectivity index (χ4v) is 6.51. The van der Waals surface area contributed by atoms with E-state index in [0.717, 1.165) is 15.3 Å². The first-order chi connectivity index (χ1) is 18.7. The van der Waals surface area contributed by atoms with Gasteiger partial charge in [0.1, 0.15) is 0 Å². The topological polar surface area (TPSA) is 98.6 Å². The van der Waals surface area contributed by atoms with Gasteiger partial charge in [-0.05, 0) is 60.9 Å². The van der Waals surface area contributed by atoms with E-state index in [1.54, 1.807) is 39.9 Å². The Bertz CT molecular complexity index is 1650. The second-order valence-electron chi connectivity index (χ2n) is 9.33. The van der Waals surface area contributed by atoms with Gasteiger partial charge in [-0.2, -0.15) is 5.10 Å². The Hall–Kier alpha value is -3.47. The highest BCUT2D eigenvalue weighted by Crippen LogP contribution is 2.37. The molecule has 2 aromatic carbocycles. The van der Waals surface area contributed by atoms with Crippen LogP contribution < -0.4 is 0 Å². The molecule has 0 spiro atoms. The quantitative estimate of drug-likeness (QED) is 0.284. The van der Waals surface area contributed by atoms with Crippen LogP contribution in [0.4, 0.5) is 0 Å². The van der Waals surface area contributed by atoms with Crippen LogP contribution in [0.5, 0.6) is 0 Å². The maximum absolute atomic E-state index is 13.5. The first kappa shape index (κ1) is 27.1. The van der Waals surface area contributed by atoms with E-state index in [2.05, 4.69) is 5.10 Å². The number of methoxy groups -OCH3 is 1. The number of piperidine rings is 1. The smallest absolute Gasteiger partial charge is 0.308 e. The van der Waals surface area contributed by atoms with E-state index in [1.165, 1.54) is 24.7 Å². The van der Waals surface area contributed by atoms with E-state index in [9.17, 15) is 18.0 Å². The van der Waals surface area contributed by atoms with Gasteiger partial charge >= 0.3 is 5.97 Å². The van der Waals surface area contributed by atoms with Crippen LogP contribution in [0.25, 0.3) is 26.7 Å². The van der Waals surface area contributed by atoms with Gasteiger partial charge in [-0.25, -0.2) is 13.1 Å². The van der Waals surface area contributed by atoms with Crippen LogP contribution in [0.3, 0.4) is 0 Å². The number of ether oxygens (including phenoxy) is 1. The Morgan fingerprint density at radius 1 is 1.00 bits per heavy atom. The second kappa shape index (κ2) is 11.0. The van der Waals surface area contributed by atoms with Crippen molar-refractivity contribution in [3.8, 4) is 26.7 Å². The molecule has 4 aromatic rings. The number of esters is 1. The minimum absolute atomic E-state index is 0.207. The van der Waals surface area contributed by atoms with Crippen molar-refractivity contribution in [3.05, 3.63) is 77.4 Å². The third-order valence-electron chi connectivity index (χ3n) is 6.73. The molecule has 202 valence electrons. The normalized spacial score (nSPS) is 14.4. The lowest BCUT2D eigenvalue weighted by Gasteiger charge is -2.30. The number of rotatable bonds is 6. The van der Waals surface area contributed by atoms with E-state index in [4.69, 9.17) is 16.3 Å². The Morgan fingerprint density at radius 2 is 1.72 bits per heavy atom. The van der Waals surface area contributed by atoms with Crippen LogP contribution in [0, 0.1) is 5.92 Å². The Kier molecular flexibility index (Phi) is 7.61. The molecule has 1 aliphatic rings. The van der Waals surface area contributed by atoms with E-state index < -0.39 is 9.84 Å². The summed E-state index contributed by atoms with van der Waals surface area (Å²) in [6, 6.07) is 19.7. The number of likely N-dealkylation sites (tertiary alicyclic amines) is 1. The van der Waals surface area contributed by atoms with Gasteiger partial charge in [0, 0.05) is 24.2 Å². The standard InChI is InChI=1S/C28H26ClN3O5S2/c1-37-28(34)18-12-14-31(15-13-18)27(33)22-17-24(32(30-22)23-9-4-3-8-21(23)29)26-11-10-25(38-26)19-6-5-7-20(16-19)39(2,35)36/h3-11,16-18H,12-15H2,1-2H3. The average Bonchev–Trinajstić information content (AvgIpc) is 3.60. The summed E-state index contributed by atoms with van der Waals surface area (Å²) in [6.07, 6.45) is 2.26. The number of sulfone groups is 1. The molecule has 11 heteroatoms. The number of nitrogens with zero attached hydrogens (tertiary/aromatic N) is 3.